The van der Waals surface area contributed by atoms with Gasteiger partial charge in [0, 0.05) is 17.5 Å². The average molecular weight is 169 g/mol. The molecule has 0 aliphatic carbocycles. The third-order valence-electron chi connectivity index (χ3n) is 1.35. The van der Waals surface area contributed by atoms with Gasteiger partial charge < -0.3 is 4.79 Å². The Morgan fingerprint density at radius 2 is 2.55 bits per heavy atom. The van der Waals surface area contributed by atoms with E-state index in [2.05, 4.69) is 11.9 Å². The molecule has 0 aliphatic heterocycles. The first-order valence-corrected chi connectivity index (χ1v) is 4.55. The number of carbonyl (C=O) groups is 1. The van der Waals surface area contributed by atoms with Crippen LogP contribution in [0.3, 0.4) is 0 Å². The van der Waals surface area contributed by atoms with Gasteiger partial charge in [-0.1, -0.05) is 6.92 Å². The molecule has 0 spiro atoms. The SMILES string of the molecule is CCCc1ncc(CC=O)s1. The third-order valence-corrected chi connectivity index (χ3v) is 2.43. The highest BCUT2D eigenvalue weighted by atomic mass is 32.1. The smallest absolute Gasteiger partial charge is 0.125 e. The highest BCUT2D eigenvalue weighted by Crippen LogP contribution is 2.13. The number of rotatable bonds is 4. The highest BCUT2D eigenvalue weighted by Gasteiger charge is 1.98. The quantitative estimate of drug-likeness (QED) is 0.644. The van der Waals surface area contributed by atoms with Crippen LogP contribution < -0.4 is 0 Å². The first-order valence-electron chi connectivity index (χ1n) is 3.74. The molecule has 0 atom stereocenters. The van der Waals surface area contributed by atoms with Crippen LogP contribution in [0.5, 0.6) is 0 Å². The molecule has 1 heterocycles. The van der Waals surface area contributed by atoms with Gasteiger partial charge in [0.1, 0.15) is 6.29 Å². The van der Waals surface area contributed by atoms with E-state index in [9.17, 15) is 4.79 Å². The van der Waals surface area contributed by atoms with Gasteiger partial charge in [0.2, 0.25) is 0 Å². The predicted octanol–water partition coefficient (Wildman–Crippen LogP) is 1.84. The number of hydrogen-bond acceptors (Lipinski definition) is 3. The molecule has 2 nitrogen and oxygen atoms in total. The van der Waals surface area contributed by atoms with Crippen molar-refractivity contribution >= 4 is 17.6 Å². The summed E-state index contributed by atoms with van der Waals surface area (Å²) < 4.78 is 0. The van der Waals surface area contributed by atoms with E-state index in [1.54, 1.807) is 17.5 Å². The summed E-state index contributed by atoms with van der Waals surface area (Å²) >= 11 is 1.64. The Hall–Kier alpha value is -0.700. The molecule has 11 heavy (non-hydrogen) atoms. The lowest BCUT2D eigenvalue weighted by molar-refractivity contribution is -0.107. The zero-order valence-electron chi connectivity index (χ0n) is 6.54. The van der Waals surface area contributed by atoms with Gasteiger partial charge in [-0.15, -0.1) is 11.3 Å². The van der Waals surface area contributed by atoms with Gasteiger partial charge in [-0.3, -0.25) is 0 Å². The van der Waals surface area contributed by atoms with Crippen LogP contribution in [-0.4, -0.2) is 11.3 Å². The number of hydrogen-bond donors (Lipinski definition) is 0. The minimum Gasteiger partial charge on any atom is -0.303 e. The minimum atomic E-state index is 0.515. The zero-order chi connectivity index (χ0) is 8.10. The lowest BCUT2D eigenvalue weighted by atomic mass is 10.4. The fraction of sp³-hybridized carbons (Fsp3) is 0.500. The Balaban J connectivity index is 2.57. The van der Waals surface area contributed by atoms with Crippen LogP contribution >= 0.6 is 11.3 Å². The molecular formula is C8H11NOS. The first-order chi connectivity index (χ1) is 5.36. The number of aromatic nitrogens is 1. The number of thiazole rings is 1. The normalized spacial score (nSPS) is 9.91. The molecule has 1 aromatic rings. The van der Waals surface area contributed by atoms with E-state index >= 15 is 0 Å². The fourth-order valence-electron chi connectivity index (χ4n) is 0.854. The van der Waals surface area contributed by atoms with Crippen LogP contribution in [0.2, 0.25) is 0 Å². The number of carbonyl (C=O) groups excluding carboxylic acids is 1. The van der Waals surface area contributed by atoms with Crippen LogP contribution in [-0.2, 0) is 17.6 Å². The molecule has 3 heteroatoms. The summed E-state index contributed by atoms with van der Waals surface area (Å²) in [6.45, 7) is 2.13. The van der Waals surface area contributed by atoms with Gasteiger partial charge >= 0.3 is 0 Å². The minimum absolute atomic E-state index is 0.515. The topological polar surface area (TPSA) is 30.0 Å². The van der Waals surface area contributed by atoms with Crippen molar-refractivity contribution in [2.24, 2.45) is 0 Å². The Bertz CT molecular complexity index is 232. The number of aryl methyl sites for hydroxylation is 1. The van der Waals surface area contributed by atoms with Crippen molar-refractivity contribution < 1.29 is 4.79 Å². The molecule has 0 fully saturated rings. The van der Waals surface area contributed by atoms with Gasteiger partial charge in [-0.05, 0) is 12.8 Å². The summed E-state index contributed by atoms with van der Waals surface area (Å²) in [7, 11) is 0. The monoisotopic (exact) mass is 169 g/mol. The number of aldehydes is 1. The first kappa shape index (κ1) is 8.40. The Labute approximate surface area is 70.3 Å². The summed E-state index contributed by atoms with van der Waals surface area (Å²) in [6.07, 6.45) is 5.38. The van der Waals surface area contributed by atoms with Gasteiger partial charge in [0.05, 0.1) is 5.01 Å². The third kappa shape index (κ3) is 2.42. The highest BCUT2D eigenvalue weighted by molar-refractivity contribution is 7.11. The lowest BCUT2D eigenvalue weighted by Gasteiger charge is -1.86. The van der Waals surface area contributed by atoms with E-state index < -0.39 is 0 Å². The summed E-state index contributed by atoms with van der Waals surface area (Å²) in [5, 5.41) is 1.14. The predicted molar refractivity (Wildman–Crippen MR) is 45.9 cm³/mol. The summed E-state index contributed by atoms with van der Waals surface area (Å²) in [5.74, 6) is 0. The van der Waals surface area contributed by atoms with Crippen molar-refractivity contribution in [2.45, 2.75) is 26.2 Å². The molecule has 0 aliphatic rings. The maximum atomic E-state index is 10.1. The van der Waals surface area contributed by atoms with Gasteiger partial charge in [-0.25, -0.2) is 4.98 Å². The molecule has 0 bridgehead atoms. The Morgan fingerprint density at radius 3 is 3.18 bits per heavy atom. The van der Waals surface area contributed by atoms with E-state index in [0.717, 1.165) is 29.0 Å². The maximum absolute atomic E-state index is 10.1. The molecule has 1 rings (SSSR count). The summed E-state index contributed by atoms with van der Waals surface area (Å²) in [5.41, 5.74) is 0. The molecule has 0 radical (unpaired) electrons. The van der Waals surface area contributed by atoms with Gasteiger partial charge in [0.25, 0.3) is 0 Å². The second kappa shape index (κ2) is 4.23. The summed E-state index contributed by atoms with van der Waals surface area (Å²) in [6, 6.07) is 0. The van der Waals surface area contributed by atoms with Crippen molar-refractivity contribution in [2.75, 3.05) is 0 Å². The molecule has 1 aromatic heterocycles. The number of nitrogens with zero attached hydrogens (tertiary/aromatic N) is 1. The average Bonchev–Trinajstić information content (AvgIpc) is 2.38. The van der Waals surface area contributed by atoms with Crippen LogP contribution in [0.25, 0.3) is 0 Å². The molecule has 0 saturated carbocycles. The van der Waals surface area contributed by atoms with E-state index in [1.165, 1.54) is 0 Å². The second-order valence-electron chi connectivity index (χ2n) is 2.34. The van der Waals surface area contributed by atoms with Crippen LogP contribution in [0.15, 0.2) is 6.20 Å². The standard InChI is InChI=1S/C8H11NOS/c1-2-3-8-9-6-7(11-8)4-5-10/h5-6H,2-4H2,1H3. The maximum Gasteiger partial charge on any atom is 0.125 e. The van der Waals surface area contributed by atoms with Gasteiger partial charge in [0.15, 0.2) is 0 Å². The van der Waals surface area contributed by atoms with Crippen molar-refractivity contribution in [3.8, 4) is 0 Å². The van der Waals surface area contributed by atoms with E-state index in [1.807, 2.05) is 0 Å². The second-order valence-corrected chi connectivity index (χ2v) is 3.54. The molecule has 0 aromatic carbocycles. The van der Waals surface area contributed by atoms with Crippen molar-refractivity contribution in [1.82, 2.24) is 4.98 Å². The zero-order valence-corrected chi connectivity index (χ0v) is 7.36. The molecule has 0 saturated heterocycles. The largest absolute Gasteiger partial charge is 0.303 e. The Kier molecular flexibility index (Phi) is 3.23. The molecule has 0 unspecified atom stereocenters. The van der Waals surface area contributed by atoms with Crippen molar-refractivity contribution in [1.29, 1.82) is 0 Å². The van der Waals surface area contributed by atoms with Crippen molar-refractivity contribution in [3.05, 3.63) is 16.1 Å². The molecular weight excluding hydrogens is 158 g/mol. The molecule has 60 valence electrons. The molecule has 0 N–H and O–H groups in total. The van der Waals surface area contributed by atoms with Crippen LogP contribution in [0, 0.1) is 0 Å². The Morgan fingerprint density at radius 1 is 1.73 bits per heavy atom. The lowest BCUT2D eigenvalue weighted by Crippen LogP contribution is -1.77. The summed E-state index contributed by atoms with van der Waals surface area (Å²) in [4.78, 5) is 15.4. The van der Waals surface area contributed by atoms with Crippen LogP contribution in [0.4, 0.5) is 0 Å². The van der Waals surface area contributed by atoms with Crippen molar-refractivity contribution in [3.63, 3.8) is 0 Å². The van der Waals surface area contributed by atoms with E-state index in [-0.39, 0.29) is 0 Å². The van der Waals surface area contributed by atoms with Gasteiger partial charge in [-0.2, -0.15) is 0 Å². The van der Waals surface area contributed by atoms with Crippen LogP contribution in [0.1, 0.15) is 23.2 Å². The molecule has 0 amide bonds. The van der Waals surface area contributed by atoms with E-state index in [0.29, 0.717) is 6.42 Å². The van der Waals surface area contributed by atoms with E-state index in [4.69, 9.17) is 0 Å². The fourth-order valence-corrected chi connectivity index (χ4v) is 1.83.